The van der Waals surface area contributed by atoms with Crippen LogP contribution < -0.4 is 0 Å². The number of hydrogen-bond donors (Lipinski definition) is 0. The first-order valence-electron chi connectivity index (χ1n) is 7.05. The predicted octanol–water partition coefficient (Wildman–Crippen LogP) is 5.83. The molecule has 0 aliphatic rings. The molecule has 0 atom stereocenters. The molecule has 0 spiro atoms. The van der Waals surface area contributed by atoms with Crippen molar-refractivity contribution in [2.45, 2.75) is 38.9 Å². The lowest BCUT2D eigenvalue weighted by Gasteiger charge is -2.37. The zero-order chi connectivity index (χ0) is 15.8. The van der Waals surface area contributed by atoms with Gasteiger partial charge in [0.1, 0.15) is 9.46 Å². The summed E-state index contributed by atoms with van der Waals surface area (Å²) in [5.74, 6) is 0.740. The van der Waals surface area contributed by atoms with Crippen LogP contribution in [0.15, 0.2) is 36.9 Å². The van der Waals surface area contributed by atoms with Crippen LogP contribution in [-0.4, -0.2) is 13.3 Å². The fourth-order valence-electron chi connectivity index (χ4n) is 1.80. The van der Waals surface area contributed by atoms with E-state index in [1.807, 2.05) is 18.2 Å². The lowest BCUT2D eigenvalue weighted by atomic mass is 10.1. The predicted molar refractivity (Wildman–Crippen MR) is 102 cm³/mol. The van der Waals surface area contributed by atoms with Crippen LogP contribution in [0.1, 0.15) is 26.3 Å². The number of aromatic nitrogens is 1. The van der Waals surface area contributed by atoms with E-state index < -0.39 is 8.32 Å². The Morgan fingerprint density at radius 2 is 1.86 bits per heavy atom. The van der Waals surface area contributed by atoms with Crippen molar-refractivity contribution in [1.82, 2.24) is 4.98 Å². The van der Waals surface area contributed by atoms with E-state index in [0.717, 1.165) is 25.9 Å². The highest BCUT2D eigenvalue weighted by molar-refractivity contribution is 14.1. The Morgan fingerprint density at radius 3 is 2.48 bits per heavy atom. The molecule has 0 saturated carbocycles. The van der Waals surface area contributed by atoms with Crippen LogP contribution in [0.5, 0.6) is 0 Å². The third kappa shape index (κ3) is 3.48. The van der Waals surface area contributed by atoms with Gasteiger partial charge >= 0.3 is 0 Å². The first-order chi connectivity index (χ1) is 9.62. The van der Waals surface area contributed by atoms with Gasteiger partial charge in [-0.2, -0.15) is 0 Å². The summed E-state index contributed by atoms with van der Waals surface area (Å²) in [4.78, 5) is 4.65. The van der Waals surface area contributed by atoms with E-state index in [1.165, 1.54) is 0 Å². The van der Waals surface area contributed by atoms with Gasteiger partial charge in [-0.25, -0.2) is 4.98 Å². The molecule has 2 rings (SSSR count). The lowest BCUT2D eigenvalue weighted by molar-refractivity contribution is 0.458. The molecule has 0 saturated heterocycles. The van der Waals surface area contributed by atoms with Crippen molar-refractivity contribution in [2.75, 3.05) is 0 Å². The first-order valence-corrected chi connectivity index (χ1v) is 11.0. The molecule has 0 fully saturated rings. The van der Waals surface area contributed by atoms with Crippen molar-refractivity contribution in [3.8, 4) is 0 Å². The Hall–Kier alpha value is -0.883. The van der Waals surface area contributed by atoms with E-state index in [2.05, 4.69) is 80.2 Å². The van der Waals surface area contributed by atoms with E-state index in [9.17, 15) is 0 Å². The largest absolute Gasteiger partial charge is 0.543 e. The standard InChI is InChI=1S/C17H22INOSi/c1-12(20-21(5,6)17(2,3)4)14-11-13-9-7-8-10-15(13)19-16(14)18/h7-11H,1H2,2-6H3. The summed E-state index contributed by atoms with van der Waals surface area (Å²) >= 11 is 2.26. The minimum absolute atomic E-state index is 0.158. The molecule has 112 valence electrons. The molecule has 0 amide bonds. The summed E-state index contributed by atoms with van der Waals surface area (Å²) in [6.07, 6.45) is 0. The van der Waals surface area contributed by atoms with Gasteiger partial charge in [0.2, 0.25) is 8.32 Å². The van der Waals surface area contributed by atoms with Gasteiger partial charge in [0.05, 0.1) is 5.52 Å². The average Bonchev–Trinajstić information content (AvgIpc) is 2.35. The number of halogens is 1. The SMILES string of the molecule is C=C(O[Si](C)(C)C(C)(C)C)c1cc2ccccc2nc1I. The number of pyridine rings is 1. The third-order valence-electron chi connectivity index (χ3n) is 4.16. The Morgan fingerprint density at radius 1 is 1.24 bits per heavy atom. The van der Waals surface area contributed by atoms with E-state index >= 15 is 0 Å². The zero-order valence-corrected chi connectivity index (χ0v) is 16.5. The van der Waals surface area contributed by atoms with Crippen molar-refractivity contribution in [1.29, 1.82) is 0 Å². The fourth-order valence-corrected chi connectivity index (χ4v) is 3.55. The highest BCUT2D eigenvalue weighted by Gasteiger charge is 2.39. The van der Waals surface area contributed by atoms with Crippen molar-refractivity contribution in [3.05, 3.63) is 46.2 Å². The summed E-state index contributed by atoms with van der Waals surface area (Å²) in [5.41, 5.74) is 2.00. The van der Waals surface area contributed by atoms with Gasteiger partial charge in [0.25, 0.3) is 0 Å². The quantitative estimate of drug-likeness (QED) is 0.274. The molecule has 1 heterocycles. The Labute approximate surface area is 141 Å². The second kappa shape index (κ2) is 5.72. The van der Waals surface area contributed by atoms with Crippen LogP contribution in [0, 0.1) is 3.70 Å². The summed E-state index contributed by atoms with van der Waals surface area (Å²) in [5, 5.41) is 1.28. The van der Waals surface area contributed by atoms with E-state index in [0.29, 0.717) is 0 Å². The molecular weight excluding hydrogens is 389 g/mol. The highest BCUT2D eigenvalue weighted by Crippen LogP contribution is 2.39. The minimum Gasteiger partial charge on any atom is -0.543 e. The molecule has 0 N–H and O–H groups in total. The van der Waals surface area contributed by atoms with Gasteiger partial charge in [0, 0.05) is 10.9 Å². The topological polar surface area (TPSA) is 22.1 Å². The molecule has 0 unspecified atom stereocenters. The van der Waals surface area contributed by atoms with Crippen LogP contribution >= 0.6 is 22.6 Å². The van der Waals surface area contributed by atoms with Gasteiger partial charge < -0.3 is 4.43 Å². The van der Waals surface area contributed by atoms with Crippen LogP contribution in [0.4, 0.5) is 0 Å². The van der Waals surface area contributed by atoms with Gasteiger partial charge in [-0.05, 0) is 52.9 Å². The molecule has 2 nitrogen and oxygen atoms in total. The van der Waals surface area contributed by atoms with Gasteiger partial charge in [-0.15, -0.1) is 0 Å². The smallest absolute Gasteiger partial charge is 0.250 e. The Kier molecular flexibility index (Phi) is 4.49. The maximum absolute atomic E-state index is 6.32. The van der Waals surface area contributed by atoms with Crippen LogP contribution in [0.3, 0.4) is 0 Å². The van der Waals surface area contributed by atoms with Gasteiger partial charge in [-0.1, -0.05) is 45.5 Å². The van der Waals surface area contributed by atoms with Gasteiger partial charge in [-0.3, -0.25) is 0 Å². The molecule has 0 aliphatic heterocycles. The summed E-state index contributed by atoms with van der Waals surface area (Å²) in [6.45, 7) is 15.3. The Balaban J connectivity index is 2.38. The fraction of sp³-hybridized carbons (Fsp3) is 0.353. The number of fused-ring (bicyclic) bond motifs is 1. The van der Waals surface area contributed by atoms with Crippen molar-refractivity contribution < 1.29 is 4.43 Å². The van der Waals surface area contributed by atoms with E-state index in [4.69, 9.17) is 4.43 Å². The van der Waals surface area contributed by atoms with Crippen LogP contribution in [-0.2, 0) is 4.43 Å². The number of para-hydroxylation sites is 1. The number of benzene rings is 1. The Bertz CT molecular complexity index is 689. The van der Waals surface area contributed by atoms with E-state index in [-0.39, 0.29) is 5.04 Å². The second-order valence-corrected chi connectivity index (χ2v) is 12.6. The van der Waals surface area contributed by atoms with Crippen LogP contribution in [0.2, 0.25) is 18.1 Å². The molecule has 21 heavy (non-hydrogen) atoms. The maximum atomic E-state index is 6.32. The molecule has 0 aliphatic carbocycles. The monoisotopic (exact) mass is 411 g/mol. The number of nitrogens with zero attached hydrogens (tertiary/aromatic N) is 1. The summed E-state index contributed by atoms with van der Waals surface area (Å²) in [7, 11) is -1.87. The highest BCUT2D eigenvalue weighted by atomic mass is 127. The second-order valence-electron chi connectivity index (χ2n) is 6.80. The van der Waals surface area contributed by atoms with Gasteiger partial charge in [0.15, 0.2) is 0 Å². The molecule has 2 aromatic rings. The minimum atomic E-state index is -1.87. The van der Waals surface area contributed by atoms with Crippen molar-refractivity contribution in [3.63, 3.8) is 0 Å². The molecule has 1 aromatic carbocycles. The zero-order valence-electron chi connectivity index (χ0n) is 13.3. The molecule has 0 bridgehead atoms. The molecular formula is C17H22INOSi. The van der Waals surface area contributed by atoms with Crippen LogP contribution in [0.25, 0.3) is 16.7 Å². The number of hydrogen-bond acceptors (Lipinski definition) is 2. The third-order valence-corrected chi connectivity index (χ3v) is 9.35. The maximum Gasteiger partial charge on any atom is 0.250 e. The summed E-state index contributed by atoms with van der Waals surface area (Å²) in [6, 6.07) is 10.3. The normalized spacial score (nSPS) is 12.5. The lowest BCUT2D eigenvalue weighted by Crippen LogP contribution is -2.40. The molecule has 1 aromatic heterocycles. The first kappa shape index (κ1) is 16.5. The van der Waals surface area contributed by atoms with Crippen molar-refractivity contribution >= 4 is 47.6 Å². The average molecular weight is 411 g/mol. The van der Waals surface area contributed by atoms with E-state index in [1.54, 1.807) is 0 Å². The summed E-state index contributed by atoms with van der Waals surface area (Å²) < 4.78 is 7.26. The molecule has 4 heteroatoms. The van der Waals surface area contributed by atoms with Crippen molar-refractivity contribution in [2.24, 2.45) is 0 Å². The molecule has 0 radical (unpaired) electrons. The number of rotatable bonds is 3.